The molecule has 0 saturated carbocycles. The highest BCUT2D eigenvalue weighted by molar-refractivity contribution is 5.98. The fourth-order valence-electron chi connectivity index (χ4n) is 3.07. The summed E-state index contributed by atoms with van der Waals surface area (Å²) in [5.74, 6) is -0.482. The van der Waals surface area contributed by atoms with Crippen molar-refractivity contribution in [1.82, 2.24) is 4.90 Å². The van der Waals surface area contributed by atoms with Crippen LogP contribution in [0, 0.1) is 0 Å². The van der Waals surface area contributed by atoms with Gasteiger partial charge in [-0.2, -0.15) is 0 Å². The molecule has 2 aliphatic heterocycles. The van der Waals surface area contributed by atoms with Crippen LogP contribution in [0.1, 0.15) is 35.2 Å². The summed E-state index contributed by atoms with van der Waals surface area (Å²) in [5, 5.41) is 3.27. The van der Waals surface area contributed by atoms with E-state index in [1.807, 2.05) is 18.2 Å². The predicted molar refractivity (Wildman–Crippen MR) is 83.8 cm³/mol. The van der Waals surface area contributed by atoms with E-state index in [0.29, 0.717) is 18.5 Å². The molecule has 3 rings (SSSR count). The highest BCUT2D eigenvalue weighted by Crippen LogP contribution is 2.25. The van der Waals surface area contributed by atoms with Gasteiger partial charge in [-0.05, 0) is 49.4 Å². The molecule has 1 aromatic rings. The van der Waals surface area contributed by atoms with Gasteiger partial charge >= 0.3 is 0 Å². The van der Waals surface area contributed by atoms with Gasteiger partial charge in [0, 0.05) is 24.3 Å². The number of hydrogen-bond donors (Lipinski definition) is 2. The first-order chi connectivity index (χ1) is 9.66. The van der Waals surface area contributed by atoms with Gasteiger partial charge in [0.05, 0.1) is 0 Å². The van der Waals surface area contributed by atoms with Gasteiger partial charge in [-0.3, -0.25) is 9.59 Å². The van der Waals surface area contributed by atoms with E-state index in [1.54, 1.807) is 4.90 Å². The van der Waals surface area contributed by atoms with Crippen molar-refractivity contribution in [3.05, 3.63) is 29.3 Å². The van der Waals surface area contributed by atoms with E-state index in [-0.39, 0.29) is 18.3 Å². The van der Waals surface area contributed by atoms with Crippen molar-refractivity contribution in [1.29, 1.82) is 0 Å². The average molecular weight is 310 g/mol. The van der Waals surface area contributed by atoms with Crippen LogP contribution in [0.3, 0.4) is 0 Å². The van der Waals surface area contributed by atoms with Crippen molar-refractivity contribution in [2.45, 2.75) is 31.7 Å². The maximum atomic E-state index is 12.6. The van der Waals surface area contributed by atoms with Gasteiger partial charge in [0.15, 0.2) is 0 Å². The van der Waals surface area contributed by atoms with E-state index in [4.69, 9.17) is 5.73 Å². The number of carbonyl (C=O) groups is 2. The standard InChI is InChI=1S/C15H19N3O2.ClH/c16-14(19)13-3-1-2-8-18(13)15(20)11-4-5-12-10(9-11)6-7-17-12;/h4-5,9,13,17H,1-3,6-8H2,(H2,16,19);1H. The van der Waals surface area contributed by atoms with Crippen molar-refractivity contribution >= 4 is 29.9 Å². The zero-order valence-corrected chi connectivity index (χ0v) is 12.6. The zero-order valence-electron chi connectivity index (χ0n) is 11.8. The minimum absolute atomic E-state index is 0. The van der Waals surface area contributed by atoms with Crippen LogP contribution in [0.25, 0.3) is 0 Å². The number of anilines is 1. The van der Waals surface area contributed by atoms with E-state index < -0.39 is 11.9 Å². The van der Waals surface area contributed by atoms with Crippen molar-refractivity contribution in [2.75, 3.05) is 18.4 Å². The van der Waals surface area contributed by atoms with Gasteiger partial charge in [-0.1, -0.05) is 0 Å². The lowest BCUT2D eigenvalue weighted by molar-refractivity contribution is -0.123. The van der Waals surface area contributed by atoms with Crippen LogP contribution in [0.15, 0.2) is 18.2 Å². The molecule has 1 aromatic carbocycles. The molecule has 114 valence electrons. The van der Waals surface area contributed by atoms with E-state index >= 15 is 0 Å². The van der Waals surface area contributed by atoms with Crippen LogP contribution < -0.4 is 11.1 Å². The second-order valence-electron chi connectivity index (χ2n) is 5.46. The molecule has 2 aliphatic rings. The molecule has 0 aliphatic carbocycles. The summed E-state index contributed by atoms with van der Waals surface area (Å²) < 4.78 is 0. The van der Waals surface area contributed by atoms with Gasteiger partial charge in [-0.15, -0.1) is 12.4 Å². The Bertz CT molecular complexity index is 562. The molecular formula is C15H20ClN3O2. The molecule has 0 aromatic heterocycles. The van der Waals surface area contributed by atoms with Crippen molar-refractivity contribution in [3.63, 3.8) is 0 Å². The molecule has 1 unspecified atom stereocenters. The highest BCUT2D eigenvalue weighted by atomic mass is 35.5. The predicted octanol–water partition coefficient (Wildman–Crippen LogP) is 1.56. The van der Waals surface area contributed by atoms with E-state index in [1.165, 1.54) is 5.56 Å². The minimum Gasteiger partial charge on any atom is -0.384 e. The van der Waals surface area contributed by atoms with E-state index in [9.17, 15) is 9.59 Å². The number of fused-ring (bicyclic) bond motifs is 1. The third-order valence-corrected chi connectivity index (χ3v) is 4.15. The van der Waals surface area contributed by atoms with Crippen LogP contribution in [0.2, 0.25) is 0 Å². The molecule has 2 amide bonds. The Labute approximate surface area is 130 Å². The number of hydrogen-bond acceptors (Lipinski definition) is 3. The number of carbonyl (C=O) groups excluding carboxylic acids is 2. The lowest BCUT2D eigenvalue weighted by atomic mass is 9.99. The second-order valence-corrected chi connectivity index (χ2v) is 5.46. The smallest absolute Gasteiger partial charge is 0.254 e. The van der Waals surface area contributed by atoms with Crippen LogP contribution >= 0.6 is 12.4 Å². The molecular weight excluding hydrogens is 290 g/mol. The summed E-state index contributed by atoms with van der Waals surface area (Å²) in [6.07, 6.45) is 3.50. The summed E-state index contributed by atoms with van der Waals surface area (Å²) in [7, 11) is 0. The van der Waals surface area contributed by atoms with Gasteiger partial charge < -0.3 is 16.0 Å². The summed E-state index contributed by atoms with van der Waals surface area (Å²) >= 11 is 0. The fourth-order valence-corrected chi connectivity index (χ4v) is 3.07. The van der Waals surface area contributed by atoms with Crippen LogP contribution in [-0.4, -0.2) is 35.8 Å². The number of benzene rings is 1. The number of halogens is 1. The fraction of sp³-hybridized carbons (Fsp3) is 0.467. The quantitative estimate of drug-likeness (QED) is 0.870. The molecule has 1 saturated heterocycles. The first kappa shape index (κ1) is 15.6. The molecule has 5 nitrogen and oxygen atoms in total. The van der Waals surface area contributed by atoms with E-state index in [0.717, 1.165) is 31.5 Å². The molecule has 3 N–H and O–H groups in total. The Hall–Kier alpha value is -1.75. The van der Waals surface area contributed by atoms with Crippen LogP contribution in [0.4, 0.5) is 5.69 Å². The average Bonchev–Trinajstić information content (AvgIpc) is 2.93. The Balaban J connectivity index is 0.00000161. The number of nitrogens with zero attached hydrogens (tertiary/aromatic N) is 1. The summed E-state index contributed by atoms with van der Waals surface area (Å²) in [5.41, 5.74) is 8.35. The van der Waals surface area contributed by atoms with Crippen molar-refractivity contribution in [2.24, 2.45) is 5.73 Å². The summed E-state index contributed by atoms with van der Waals surface area (Å²) in [6, 6.07) is 5.25. The second kappa shape index (κ2) is 6.35. The molecule has 6 heteroatoms. The number of nitrogens with one attached hydrogen (secondary N) is 1. The number of amides is 2. The van der Waals surface area contributed by atoms with Crippen LogP contribution in [0.5, 0.6) is 0 Å². The Morgan fingerprint density at radius 2 is 2.10 bits per heavy atom. The number of likely N-dealkylation sites (tertiary alicyclic amines) is 1. The first-order valence-electron chi connectivity index (χ1n) is 7.14. The zero-order chi connectivity index (χ0) is 14.1. The molecule has 2 heterocycles. The molecule has 1 fully saturated rings. The van der Waals surface area contributed by atoms with Gasteiger partial charge in [0.25, 0.3) is 5.91 Å². The summed E-state index contributed by atoms with van der Waals surface area (Å²) in [4.78, 5) is 25.8. The molecule has 0 spiro atoms. The summed E-state index contributed by atoms with van der Waals surface area (Å²) in [6.45, 7) is 1.53. The van der Waals surface area contributed by atoms with Gasteiger partial charge in [-0.25, -0.2) is 0 Å². The van der Waals surface area contributed by atoms with Crippen LogP contribution in [-0.2, 0) is 11.2 Å². The van der Waals surface area contributed by atoms with Gasteiger partial charge in [0.1, 0.15) is 6.04 Å². The normalized spacial score (nSPS) is 20.2. The third kappa shape index (κ3) is 2.97. The van der Waals surface area contributed by atoms with E-state index in [2.05, 4.69) is 5.32 Å². The molecule has 1 atom stereocenters. The van der Waals surface area contributed by atoms with Crippen molar-refractivity contribution < 1.29 is 9.59 Å². The maximum absolute atomic E-state index is 12.6. The molecule has 0 bridgehead atoms. The maximum Gasteiger partial charge on any atom is 0.254 e. The number of primary amides is 1. The highest BCUT2D eigenvalue weighted by Gasteiger charge is 2.31. The number of piperidine rings is 1. The Kier molecular flexibility index (Phi) is 4.73. The monoisotopic (exact) mass is 309 g/mol. The SMILES string of the molecule is Cl.NC(=O)C1CCCCN1C(=O)c1ccc2c(c1)CCN2. The largest absolute Gasteiger partial charge is 0.384 e. The topological polar surface area (TPSA) is 75.4 Å². The number of rotatable bonds is 2. The minimum atomic E-state index is -0.456. The molecule has 0 radical (unpaired) electrons. The Morgan fingerprint density at radius 1 is 1.29 bits per heavy atom. The number of nitrogens with two attached hydrogens (primary N) is 1. The lowest BCUT2D eigenvalue weighted by Crippen LogP contribution is -2.50. The van der Waals surface area contributed by atoms with Crippen molar-refractivity contribution in [3.8, 4) is 0 Å². The first-order valence-corrected chi connectivity index (χ1v) is 7.14. The molecule has 21 heavy (non-hydrogen) atoms. The van der Waals surface area contributed by atoms with Gasteiger partial charge in [0.2, 0.25) is 5.91 Å². The third-order valence-electron chi connectivity index (χ3n) is 4.15. The Morgan fingerprint density at radius 3 is 2.86 bits per heavy atom. The lowest BCUT2D eigenvalue weighted by Gasteiger charge is -2.33.